The molecule has 0 aliphatic rings. The molecule has 0 aliphatic heterocycles. The standard InChI is InChI=1S/C13H12ClNO2/c1-2-6-17-13(16)11(9-15)7-10-4-3-5-12(14)8-10/h3-5,7-8H,2,6H2,1H3/b11-7+. The molecule has 3 nitrogen and oxygen atoms in total. The first kappa shape index (κ1) is 13.3. The summed E-state index contributed by atoms with van der Waals surface area (Å²) in [6.45, 7) is 2.20. The summed E-state index contributed by atoms with van der Waals surface area (Å²) in [5.74, 6) is -0.602. The molecule has 0 unspecified atom stereocenters. The van der Waals surface area contributed by atoms with Crippen LogP contribution in [0.4, 0.5) is 0 Å². The maximum atomic E-state index is 11.5. The van der Waals surface area contributed by atoms with Gasteiger partial charge in [-0.1, -0.05) is 30.7 Å². The number of nitrogens with zero attached hydrogens (tertiary/aromatic N) is 1. The van der Waals surface area contributed by atoms with Crippen LogP contribution in [0.3, 0.4) is 0 Å². The highest BCUT2D eigenvalue weighted by Crippen LogP contribution is 2.14. The van der Waals surface area contributed by atoms with Crippen LogP contribution in [0.5, 0.6) is 0 Å². The molecule has 0 atom stereocenters. The molecule has 1 rings (SSSR count). The topological polar surface area (TPSA) is 50.1 Å². The van der Waals surface area contributed by atoms with E-state index in [1.165, 1.54) is 6.08 Å². The highest BCUT2D eigenvalue weighted by molar-refractivity contribution is 6.30. The van der Waals surface area contributed by atoms with E-state index in [2.05, 4.69) is 0 Å². The Labute approximate surface area is 105 Å². The van der Waals surface area contributed by atoms with Crippen LogP contribution in [0.2, 0.25) is 5.02 Å². The molecule has 1 aromatic carbocycles. The summed E-state index contributed by atoms with van der Waals surface area (Å²) in [7, 11) is 0. The minimum absolute atomic E-state index is 0.0271. The van der Waals surface area contributed by atoms with E-state index in [9.17, 15) is 4.79 Å². The molecule has 17 heavy (non-hydrogen) atoms. The molecule has 88 valence electrons. The van der Waals surface area contributed by atoms with Crippen molar-refractivity contribution in [1.82, 2.24) is 0 Å². The zero-order valence-electron chi connectivity index (χ0n) is 9.44. The third kappa shape index (κ3) is 4.29. The first-order valence-corrected chi connectivity index (χ1v) is 5.59. The minimum Gasteiger partial charge on any atom is -0.462 e. The first-order chi connectivity index (χ1) is 8.17. The molecule has 0 heterocycles. The van der Waals surface area contributed by atoms with E-state index >= 15 is 0 Å². The summed E-state index contributed by atoms with van der Waals surface area (Å²) < 4.78 is 4.88. The molecule has 0 fully saturated rings. The van der Waals surface area contributed by atoms with Crippen LogP contribution < -0.4 is 0 Å². The number of benzene rings is 1. The number of hydrogen-bond donors (Lipinski definition) is 0. The number of carbonyl (C=O) groups is 1. The average Bonchev–Trinajstić information content (AvgIpc) is 2.33. The fourth-order valence-corrected chi connectivity index (χ4v) is 1.37. The molecule has 0 spiro atoms. The van der Waals surface area contributed by atoms with Gasteiger partial charge in [-0.25, -0.2) is 4.79 Å². The van der Waals surface area contributed by atoms with Crippen LogP contribution in [0.1, 0.15) is 18.9 Å². The SMILES string of the molecule is CCCOC(=O)/C(C#N)=C/c1cccc(Cl)c1. The van der Waals surface area contributed by atoms with Crippen molar-refractivity contribution in [2.45, 2.75) is 13.3 Å². The highest BCUT2D eigenvalue weighted by atomic mass is 35.5. The second-order valence-corrected chi connectivity index (χ2v) is 3.80. The number of esters is 1. The lowest BCUT2D eigenvalue weighted by molar-refractivity contribution is -0.138. The van der Waals surface area contributed by atoms with Crippen molar-refractivity contribution >= 4 is 23.6 Å². The van der Waals surface area contributed by atoms with Gasteiger partial charge in [0.2, 0.25) is 0 Å². The lowest BCUT2D eigenvalue weighted by Gasteiger charge is -2.01. The monoisotopic (exact) mass is 249 g/mol. The quantitative estimate of drug-likeness (QED) is 0.468. The third-order valence-electron chi connectivity index (χ3n) is 1.94. The van der Waals surface area contributed by atoms with Gasteiger partial charge in [0.25, 0.3) is 0 Å². The second-order valence-electron chi connectivity index (χ2n) is 3.36. The largest absolute Gasteiger partial charge is 0.462 e. The molecule has 0 saturated heterocycles. The van der Waals surface area contributed by atoms with Crippen LogP contribution in [0.15, 0.2) is 29.8 Å². The summed E-state index contributed by atoms with van der Waals surface area (Å²) in [4.78, 5) is 11.5. The van der Waals surface area contributed by atoms with Crippen molar-refractivity contribution < 1.29 is 9.53 Å². The van der Waals surface area contributed by atoms with Gasteiger partial charge in [-0.3, -0.25) is 0 Å². The van der Waals surface area contributed by atoms with Crippen LogP contribution in [-0.2, 0) is 9.53 Å². The van der Waals surface area contributed by atoms with E-state index in [0.717, 1.165) is 6.42 Å². The smallest absolute Gasteiger partial charge is 0.348 e. The average molecular weight is 250 g/mol. The molecule has 0 radical (unpaired) electrons. The van der Waals surface area contributed by atoms with Gasteiger partial charge < -0.3 is 4.74 Å². The first-order valence-electron chi connectivity index (χ1n) is 5.22. The van der Waals surface area contributed by atoms with Gasteiger partial charge in [-0.15, -0.1) is 0 Å². The van der Waals surface area contributed by atoms with E-state index in [1.807, 2.05) is 13.0 Å². The fourth-order valence-electron chi connectivity index (χ4n) is 1.17. The third-order valence-corrected chi connectivity index (χ3v) is 2.17. The Hall–Kier alpha value is -1.79. The highest BCUT2D eigenvalue weighted by Gasteiger charge is 2.09. The van der Waals surface area contributed by atoms with E-state index < -0.39 is 5.97 Å². The van der Waals surface area contributed by atoms with E-state index in [-0.39, 0.29) is 5.57 Å². The molecule has 0 amide bonds. The van der Waals surface area contributed by atoms with Crippen LogP contribution >= 0.6 is 11.6 Å². The zero-order valence-corrected chi connectivity index (χ0v) is 10.2. The summed E-state index contributed by atoms with van der Waals surface area (Å²) in [6, 6.07) is 8.73. The van der Waals surface area contributed by atoms with Crippen molar-refractivity contribution in [1.29, 1.82) is 5.26 Å². The Balaban J connectivity index is 2.87. The molecule has 0 aliphatic carbocycles. The number of halogens is 1. The van der Waals surface area contributed by atoms with Crippen molar-refractivity contribution in [3.8, 4) is 6.07 Å². The fraction of sp³-hybridized carbons (Fsp3) is 0.231. The molecule has 1 aromatic rings. The second kappa shape index (κ2) is 6.72. The number of carbonyl (C=O) groups excluding carboxylic acids is 1. The van der Waals surface area contributed by atoms with Gasteiger partial charge in [0.15, 0.2) is 0 Å². The minimum atomic E-state index is -0.602. The molecule has 0 bridgehead atoms. The lowest BCUT2D eigenvalue weighted by Crippen LogP contribution is -2.07. The number of rotatable bonds is 4. The van der Waals surface area contributed by atoms with Gasteiger partial charge in [-0.2, -0.15) is 5.26 Å². The molecular weight excluding hydrogens is 238 g/mol. The molecule has 0 aromatic heterocycles. The van der Waals surface area contributed by atoms with E-state index in [1.54, 1.807) is 24.3 Å². The Morgan fingerprint density at radius 2 is 2.35 bits per heavy atom. The van der Waals surface area contributed by atoms with E-state index in [4.69, 9.17) is 21.6 Å². The van der Waals surface area contributed by atoms with Crippen molar-refractivity contribution in [2.75, 3.05) is 6.61 Å². The number of ether oxygens (including phenoxy) is 1. The molecular formula is C13H12ClNO2. The van der Waals surface area contributed by atoms with Crippen molar-refractivity contribution in [3.05, 3.63) is 40.4 Å². The van der Waals surface area contributed by atoms with Gasteiger partial charge in [0.05, 0.1) is 6.61 Å². The Bertz CT molecular complexity index is 475. The van der Waals surface area contributed by atoms with Crippen molar-refractivity contribution in [2.24, 2.45) is 0 Å². The van der Waals surface area contributed by atoms with Gasteiger partial charge >= 0.3 is 5.97 Å². The number of nitriles is 1. The Kier molecular flexibility index (Phi) is 5.25. The summed E-state index contributed by atoms with van der Waals surface area (Å²) in [6.07, 6.45) is 2.19. The van der Waals surface area contributed by atoms with Gasteiger partial charge in [0, 0.05) is 5.02 Å². The molecule has 4 heteroatoms. The van der Waals surface area contributed by atoms with Gasteiger partial charge in [0.1, 0.15) is 11.6 Å². The summed E-state index contributed by atoms with van der Waals surface area (Å²) in [5.41, 5.74) is 0.670. The predicted molar refractivity (Wildman–Crippen MR) is 66.3 cm³/mol. The molecule has 0 saturated carbocycles. The Morgan fingerprint density at radius 1 is 1.59 bits per heavy atom. The van der Waals surface area contributed by atoms with E-state index in [0.29, 0.717) is 17.2 Å². The zero-order chi connectivity index (χ0) is 12.7. The van der Waals surface area contributed by atoms with Crippen LogP contribution in [0, 0.1) is 11.3 Å². The van der Waals surface area contributed by atoms with Crippen LogP contribution in [0.25, 0.3) is 6.08 Å². The van der Waals surface area contributed by atoms with Crippen molar-refractivity contribution in [3.63, 3.8) is 0 Å². The van der Waals surface area contributed by atoms with Gasteiger partial charge in [-0.05, 0) is 30.2 Å². The molecule has 0 N–H and O–H groups in total. The predicted octanol–water partition coefficient (Wildman–Crippen LogP) is 3.20. The van der Waals surface area contributed by atoms with Crippen LogP contribution in [-0.4, -0.2) is 12.6 Å². The number of hydrogen-bond acceptors (Lipinski definition) is 3. The lowest BCUT2D eigenvalue weighted by atomic mass is 10.1. The summed E-state index contributed by atoms with van der Waals surface area (Å²) >= 11 is 5.81. The Morgan fingerprint density at radius 3 is 2.94 bits per heavy atom. The normalized spacial score (nSPS) is 10.8. The summed E-state index contributed by atoms with van der Waals surface area (Å²) in [5, 5.41) is 9.43. The maximum Gasteiger partial charge on any atom is 0.348 e. The maximum absolute atomic E-state index is 11.5.